The van der Waals surface area contributed by atoms with Crippen LogP contribution in [0.25, 0.3) is 0 Å². The Bertz CT molecular complexity index is 901. The topological polar surface area (TPSA) is 66.5 Å². The molecule has 0 spiro atoms. The first-order valence-corrected chi connectivity index (χ1v) is 9.81. The zero-order valence-corrected chi connectivity index (χ0v) is 15.3. The maximum absolute atomic E-state index is 13.4. The third kappa shape index (κ3) is 5.26. The molecule has 0 saturated carbocycles. The number of hydrogen-bond acceptors (Lipinski definition) is 3. The van der Waals surface area contributed by atoms with Crippen LogP contribution < -0.4 is 9.62 Å². The van der Waals surface area contributed by atoms with E-state index < -0.39 is 21.7 Å². The first-order chi connectivity index (χ1) is 12.2. The third-order valence-electron chi connectivity index (χ3n) is 3.78. The first-order valence-electron chi connectivity index (χ1n) is 7.97. The highest BCUT2D eigenvalue weighted by atomic mass is 32.2. The molecule has 0 bridgehead atoms. The largest absolute Gasteiger partial charge is 0.326 e. The fraction of sp³-hybridized carbons (Fsp3) is 0.278. The molecule has 8 heteroatoms. The normalized spacial score (nSPS) is 11.2. The van der Waals surface area contributed by atoms with Crippen molar-refractivity contribution in [3.63, 3.8) is 0 Å². The Morgan fingerprint density at radius 2 is 1.81 bits per heavy atom. The number of hydrogen-bond donors (Lipinski definition) is 1. The van der Waals surface area contributed by atoms with E-state index in [2.05, 4.69) is 5.32 Å². The Morgan fingerprint density at radius 3 is 2.42 bits per heavy atom. The maximum Gasteiger partial charge on any atom is 0.232 e. The van der Waals surface area contributed by atoms with Crippen LogP contribution in [0.5, 0.6) is 0 Å². The van der Waals surface area contributed by atoms with Crippen molar-refractivity contribution in [1.82, 2.24) is 0 Å². The van der Waals surface area contributed by atoms with Crippen LogP contribution in [-0.2, 0) is 14.8 Å². The molecular formula is C18H20F2N2O3S. The Balaban J connectivity index is 2.01. The summed E-state index contributed by atoms with van der Waals surface area (Å²) in [4.78, 5) is 12.0. The highest BCUT2D eigenvalue weighted by Crippen LogP contribution is 2.21. The van der Waals surface area contributed by atoms with E-state index in [1.165, 1.54) is 6.07 Å². The van der Waals surface area contributed by atoms with Gasteiger partial charge in [-0.05, 0) is 37.1 Å². The summed E-state index contributed by atoms with van der Waals surface area (Å²) in [5, 5.41) is 2.76. The second kappa shape index (κ2) is 8.27. The number of rotatable bonds is 7. The van der Waals surface area contributed by atoms with E-state index in [-0.39, 0.29) is 31.0 Å². The van der Waals surface area contributed by atoms with Crippen LogP contribution in [0.3, 0.4) is 0 Å². The highest BCUT2D eigenvalue weighted by molar-refractivity contribution is 7.92. The molecule has 0 fully saturated rings. The molecule has 0 unspecified atom stereocenters. The third-order valence-corrected chi connectivity index (χ3v) is 4.97. The molecule has 1 N–H and O–H groups in total. The van der Waals surface area contributed by atoms with Crippen LogP contribution >= 0.6 is 0 Å². The molecule has 0 aromatic heterocycles. The van der Waals surface area contributed by atoms with Gasteiger partial charge >= 0.3 is 0 Å². The molecule has 1 amide bonds. The summed E-state index contributed by atoms with van der Waals surface area (Å²) in [5.41, 5.74) is 1.63. The SMILES string of the molecule is Cc1ccccc1NC(=O)CCCN(c1ccc(F)c(F)c1)S(C)(=O)=O. The maximum atomic E-state index is 13.4. The van der Waals surface area contributed by atoms with Crippen molar-refractivity contribution < 1.29 is 22.0 Å². The Kier molecular flexibility index (Phi) is 6.31. The van der Waals surface area contributed by atoms with Crippen LogP contribution in [0.1, 0.15) is 18.4 Å². The smallest absolute Gasteiger partial charge is 0.232 e. The molecule has 0 radical (unpaired) electrons. The average Bonchev–Trinajstić information content (AvgIpc) is 2.55. The van der Waals surface area contributed by atoms with Crippen molar-refractivity contribution in [2.24, 2.45) is 0 Å². The number of amides is 1. The van der Waals surface area contributed by atoms with E-state index in [4.69, 9.17) is 0 Å². The molecule has 0 atom stereocenters. The number of sulfonamides is 1. The lowest BCUT2D eigenvalue weighted by molar-refractivity contribution is -0.116. The number of anilines is 2. The Hall–Kier alpha value is -2.48. The van der Waals surface area contributed by atoms with Gasteiger partial charge in [0.05, 0.1) is 11.9 Å². The molecule has 140 valence electrons. The quantitative estimate of drug-likeness (QED) is 0.798. The summed E-state index contributed by atoms with van der Waals surface area (Å²) < 4.78 is 51.3. The van der Waals surface area contributed by atoms with Gasteiger partial charge in [-0.1, -0.05) is 18.2 Å². The van der Waals surface area contributed by atoms with Gasteiger partial charge in [-0.2, -0.15) is 0 Å². The molecule has 2 aromatic carbocycles. The summed E-state index contributed by atoms with van der Waals surface area (Å²) >= 11 is 0. The number of carbonyl (C=O) groups excluding carboxylic acids is 1. The van der Waals surface area contributed by atoms with Crippen molar-refractivity contribution in [1.29, 1.82) is 0 Å². The van der Waals surface area contributed by atoms with Crippen molar-refractivity contribution in [2.75, 3.05) is 22.4 Å². The molecule has 0 aliphatic carbocycles. The van der Waals surface area contributed by atoms with E-state index in [9.17, 15) is 22.0 Å². The number of benzene rings is 2. The van der Waals surface area contributed by atoms with Crippen molar-refractivity contribution >= 4 is 27.3 Å². The van der Waals surface area contributed by atoms with Crippen LogP contribution in [0.2, 0.25) is 0 Å². The van der Waals surface area contributed by atoms with Gasteiger partial charge in [-0.25, -0.2) is 17.2 Å². The molecule has 2 aromatic rings. The summed E-state index contributed by atoms with van der Waals surface area (Å²) in [6.07, 6.45) is 1.29. The number of halogens is 2. The number of para-hydroxylation sites is 1. The minimum Gasteiger partial charge on any atom is -0.326 e. The predicted octanol–water partition coefficient (Wildman–Crippen LogP) is 3.46. The first kappa shape index (κ1) is 19.8. The minimum atomic E-state index is -3.70. The number of nitrogens with zero attached hydrogens (tertiary/aromatic N) is 1. The van der Waals surface area contributed by atoms with Crippen molar-refractivity contribution in [3.05, 3.63) is 59.7 Å². The zero-order valence-electron chi connectivity index (χ0n) is 14.5. The summed E-state index contributed by atoms with van der Waals surface area (Å²) in [5.74, 6) is -2.44. The van der Waals surface area contributed by atoms with E-state index in [0.717, 1.165) is 28.3 Å². The van der Waals surface area contributed by atoms with Gasteiger partial charge in [0.15, 0.2) is 11.6 Å². The summed E-state index contributed by atoms with van der Waals surface area (Å²) in [6, 6.07) is 10.2. The number of aryl methyl sites for hydroxylation is 1. The summed E-state index contributed by atoms with van der Waals surface area (Å²) in [7, 11) is -3.70. The standard InChI is InChI=1S/C18H20F2N2O3S/c1-13-6-3-4-7-17(13)21-18(23)8-5-11-22(26(2,24)25)14-9-10-15(19)16(20)12-14/h3-4,6-7,9-10,12H,5,8,11H2,1-2H3,(H,21,23). The van der Waals surface area contributed by atoms with Gasteiger partial charge in [0.2, 0.25) is 15.9 Å². The molecule has 2 rings (SSSR count). The van der Waals surface area contributed by atoms with Crippen LogP contribution in [0.4, 0.5) is 20.2 Å². The minimum absolute atomic E-state index is 0.0192. The highest BCUT2D eigenvalue weighted by Gasteiger charge is 2.19. The number of carbonyl (C=O) groups is 1. The lowest BCUT2D eigenvalue weighted by Gasteiger charge is -2.22. The molecule has 0 saturated heterocycles. The Morgan fingerprint density at radius 1 is 1.12 bits per heavy atom. The van der Waals surface area contributed by atoms with Crippen LogP contribution in [-0.4, -0.2) is 27.1 Å². The second-order valence-electron chi connectivity index (χ2n) is 5.90. The average molecular weight is 382 g/mol. The van der Waals surface area contributed by atoms with Gasteiger partial charge in [0.25, 0.3) is 0 Å². The van der Waals surface area contributed by atoms with Gasteiger partial charge in [0, 0.05) is 24.7 Å². The Labute approximate surface area is 151 Å². The van der Waals surface area contributed by atoms with Crippen molar-refractivity contribution in [3.8, 4) is 0 Å². The summed E-state index contributed by atoms with van der Waals surface area (Å²) in [6.45, 7) is 1.84. The van der Waals surface area contributed by atoms with Crippen molar-refractivity contribution in [2.45, 2.75) is 19.8 Å². The van der Waals surface area contributed by atoms with Gasteiger partial charge in [-0.3, -0.25) is 9.10 Å². The lowest BCUT2D eigenvalue weighted by Crippen LogP contribution is -2.31. The molecule has 0 aliphatic heterocycles. The van der Waals surface area contributed by atoms with E-state index in [0.29, 0.717) is 5.69 Å². The second-order valence-corrected chi connectivity index (χ2v) is 7.81. The van der Waals surface area contributed by atoms with Gasteiger partial charge in [0.1, 0.15) is 0 Å². The molecule has 5 nitrogen and oxygen atoms in total. The van der Waals surface area contributed by atoms with Gasteiger partial charge < -0.3 is 5.32 Å². The fourth-order valence-corrected chi connectivity index (χ4v) is 3.39. The monoisotopic (exact) mass is 382 g/mol. The molecule has 0 heterocycles. The van der Waals surface area contributed by atoms with E-state index >= 15 is 0 Å². The molecule has 26 heavy (non-hydrogen) atoms. The van der Waals surface area contributed by atoms with E-state index in [1.807, 2.05) is 19.1 Å². The van der Waals surface area contributed by atoms with Crippen LogP contribution in [0.15, 0.2) is 42.5 Å². The molecule has 0 aliphatic rings. The van der Waals surface area contributed by atoms with Crippen LogP contribution in [0, 0.1) is 18.6 Å². The fourth-order valence-electron chi connectivity index (χ4n) is 2.44. The zero-order chi connectivity index (χ0) is 19.3. The van der Waals surface area contributed by atoms with E-state index in [1.54, 1.807) is 12.1 Å². The van der Waals surface area contributed by atoms with Gasteiger partial charge in [-0.15, -0.1) is 0 Å². The lowest BCUT2D eigenvalue weighted by atomic mass is 10.2. The number of nitrogens with one attached hydrogen (secondary N) is 1. The predicted molar refractivity (Wildman–Crippen MR) is 97.6 cm³/mol. The molecular weight excluding hydrogens is 362 g/mol.